The highest BCUT2D eigenvalue weighted by molar-refractivity contribution is 7.22. The summed E-state index contributed by atoms with van der Waals surface area (Å²) in [5.41, 5.74) is 3.72. The molecule has 0 spiro atoms. The van der Waals surface area contributed by atoms with E-state index in [9.17, 15) is 4.79 Å². The van der Waals surface area contributed by atoms with Crippen molar-refractivity contribution in [2.45, 2.75) is 41.0 Å². The average molecular weight is 536 g/mol. The van der Waals surface area contributed by atoms with Crippen LogP contribution in [-0.2, 0) is 0 Å². The molecule has 1 aromatic heterocycles. The van der Waals surface area contributed by atoms with Gasteiger partial charge in [0.1, 0.15) is 0 Å². The number of aromatic nitrogens is 1. The molecule has 7 nitrogen and oxygen atoms in total. The summed E-state index contributed by atoms with van der Waals surface area (Å²) in [5.74, 6) is 1.40. The maximum Gasteiger partial charge on any atom is 0.260 e. The molecular weight excluding hydrogens is 498 g/mol. The van der Waals surface area contributed by atoms with Gasteiger partial charge in [0.2, 0.25) is 5.75 Å². The number of aryl methyl sites for hydroxylation is 2. The monoisotopic (exact) mass is 535 g/mol. The van der Waals surface area contributed by atoms with Crippen LogP contribution in [0.4, 0.5) is 5.13 Å². The first-order valence-corrected chi connectivity index (χ1v) is 13.0. The molecular formula is C27H38ClN3O4S. The fourth-order valence-electron chi connectivity index (χ4n) is 3.97. The van der Waals surface area contributed by atoms with Crippen molar-refractivity contribution in [2.24, 2.45) is 0 Å². The van der Waals surface area contributed by atoms with Crippen molar-refractivity contribution in [3.05, 3.63) is 41.0 Å². The molecule has 9 heteroatoms. The van der Waals surface area contributed by atoms with Gasteiger partial charge in [-0.25, -0.2) is 4.98 Å². The van der Waals surface area contributed by atoms with Crippen molar-refractivity contribution >= 4 is 45.0 Å². The number of hydrogen-bond donors (Lipinski definition) is 0. The van der Waals surface area contributed by atoms with E-state index in [-0.39, 0.29) is 18.3 Å². The summed E-state index contributed by atoms with van der Waals surface area (Å²) in [7, 11) is 4.07. The van der Waals surface area contributed by atoms with Crippen LogP contribution < -0.4 is 19.1 Å². The van der Waals surface area contributed by atoms with E-state index in [4.69, 9.17) is 19.2 Å². The SMILES string of the molecule is CCOc1cc(C(=O)N(CCCN(C)C)c2nc3c(C)cc(C)cc3s2)cc(OCC)c1OCC.Cl. The number of fused-ring (bicyclic) bond motifs is 1. The number of anilines is 1. The van der Waals surface area contributed by atoms with Crippen LogP contribution in [0.1, 0.15) is 48.7 Å². The van der Waals surface area contributed by atoms with Gasteiger partial charge in [0, 0.05) is 12.1 Å². The number of rotatable bonds is 12. The number of halogens is 1. The Morgan fingerprint density at radius 3 is 2.08 bits per heavy atom. The zero-order chi connectivity index (χ0) is 25.5. The van der Waals surface area contributed by atoms with E-state index in [1.807, 2.05) is 34.9 Å². The van der Waals surface area contributed by atoms with E-state index >= 15 is 0 Å². The van der Waals surface area contributed by atoms with Crippen LogP contribution in [-0.4, -0.2) is 62.8 Å². The Morgan fingerprint density at radius 1 is 0.917 bits per heavy atom. The first-order chi connectivity index (χ1) is 16.8. The predicted octanol–water partition coefficient (Wildman–Crippen LogP) is 6.13. The zero-order valence-corrected chi connectivity index (χ0v) is 24.0. The molecule has 1 amide bonds. The Labute approximate surface area is 224 Å². The minimum absolute atomic E-state index is 0. The van der Waals surface area contributed by atoms with Gasteiger partial charge in [-0.3, -0.25) is 9.69 Å². The Bertz CT molecular complexity index is 1140. The Kier molecular flexibility index (Phi) is 11.3. The molecule has 0 bridgehead atoms. The maximum absolute atomic E-state index is 14.0. The lowest BCUT2D eigenvalue weighted by atomic mass is 10.1. The van der Waals surface area contributed by atoms with Crippen molar-refractivity contribution in [3.8, 4) is 17.2 Å². The van der Waals surface area contributed by atoms with E-state index in [0.29, 0.717) is 54.3 Å². The van der Waals surface area contributed by atoms with Crippen LogP contribution in [0.15, 0.2) is 24.3 Å². The summed E-state index contributed by atoms with van der Waals surface area (Å²) in [6, 6.07) is 7.75. The van der Waals surface area contributed by atoms with Crippen molar-refractivity contribution < 1.29 is 19.0 Å². The van der Waals surface area contributed by atoms with Crippen LogP contribution in [0.2, 0.25) is 0 Å². The highest BCUT2D eigenvalue weighted by atomic mass is 35.5. The first-order valence-electron chi connectivity index (χ1n) is 12.2. The van der Waals surface area contributed by atoms with Crippen molar-refractivity contribution in [1.82, 2.24) is 9.88 Å². The molecule has 0 aliphatic rings. The van der Waals surface area contributed by atoms with Gasteiger partial charge >= 0.3 is 0 Å². The minimum atomic E-state index is -0.137. The van der Waals surface area contributed by atoms with Gasteiger partial charge in [-0.1, -0.05) is 17.4 Å². The first kappa shape index (κ1) is 29.7. The number of amides is 1. The van der Waals surface area contributed by atoms with E-state index in [2.05, 4.69) is 30.9 Å². The normalized spacial score (nSPS) is 10.9. The standard InChI is InChI=1S/C27H37N3O4S.ClH/c1-8-32-21-16-20(17-22(33-9-2)25(21)34-10-3)26(31)30(13-11-12-29(6)7)27-28-24-19(5)14-18(4)15-23(24)35-27;/h14-17H,8-13H2,1-7H3;1H. The smallest absolute Gasteiger partial charge is 0.260 e. The lowest BCUT2D eigenvalue weighted by molar-refractivity contribution is 0.0985. The summed E-state index contributed by atoms with van der Waals surface area (Å²) in [5, 5.41) is 0.697. The molecule has 0 unspecified atom stereocenters. The molecule has 1 heterocycles. The number of benzene rings is 2. The van der Waals surface area contributed by atoms with Crippen LogP contribution in [0, 0.1) is 13.8 Å². The zero-order valence-electron chi connectivity index (χ0n) is 22.3. The van der Waals surface area contributed by atoms with E-state index in [0.717, 1.165) is 28.7 Å². The minimum Gasteiger partial charge on any atom is -0.490 e. The number of hydrogen-bond acceptors (Lipinski definition) is 7. The maximum atomic E-state index is 14.0. The molecule has 0 radical (unpaired) electrons. The molecule has 0 N–H and O–H groups in total. The van der Waals surface area contributed by atoms with Gasteiger partial charge in [-0.05, 0) is 91.0 Å². The average Bonchev–Trinajstić information content (AvgIpc) is 3.22. The number of ether oxygens (including phenoxy) is 3. The van der Waals surface area contributed by atoms with E-state index in [1.165, 1.54) is 5.56 Å². The lowest BCUT2D eigenvalue weighted by Gasteiger charge is -2.22. The third kappa shape index (κ3) is 7.02. The van der Waals surface area contributed by atoms with Gasteiger partial charge in [0.15, 0.2) is 16.6 Å². The van der Waals surface area contributed by atoms with Gasteiger partial charge in [-0.15, -0.1) is 12.4 Å². The lowest BCUT2D eigenvalue weighted by Crippen LogP contribution is -2.33. The molecule has 2 aromatic carbocycles. The predicted molar refractivity (Wildman–Crippen MR) is 151 cm³/mol. The Balaban J connectivity index is 0.00000456. The number of thiazole rings is 1. The second kappa shape index (κ2) is 13.7. The molecule has 198 valence electrons. The summed E-state index contributed by atoms with van der Waals surface area (Å²) in [6.45, 7) is 12.6. The highest BCUT2D eigenvalue weighted by Crippen LogP contribution is 2.40. The fraction of sp³-hybridized carbons (Fsp3) is 0.481. The van der Waals surface area contributed by atoms with Gasteiger partial charge < -0.3 is 19.1 Å². The molecule has 36 heavy (non-hydrogen) atoms. The van der Waals surface area contributed by atoms with Crippen molar-refractivity contribution in [2.75, 3.05) is 51.9 Å². The van der Waals surface area contributed by atoms with Gasteiger partial charge in [0.25, 0.3) is 5.91 Å². The third-order valence-corrected chi connectivity index (χ3v) is 6.46. The molecule has 3 aromatic rings. The van der Waals surface area contributed by atoms with E-state index in [1.54, 1.807) is 28.4 Å². The highest BCUT2D eigenvalue weighted by Gasteiger charge is 2.25. The summed E-state index contributed by atoms with van der Waals surface area (Å²) < 4.78 is 18.6. The van der Waals surface area contributed by atoms with Crippen molar-refractivity contribution in [3.63, 3.8) is 0 Å². The molecule has 0 saturated heterocycles. The number of nitrogens with zero attached hydrogens (tertiary/aromatic N) is 3. The molecule has 0 saturated carbocycles. The number of carbonyl (C=O) groups is 1. The molecule has 3 rings (SSSR count). The largest absolute Gasteiger partial charge is 0.490 e. The van der Waals surface area contributed by atoms with Crippen LogP contribution in [0.25, 0.3) is 10.2 Å². The molecule has 0 fully saturated rings. The van der Waals surface area contributed by atoms with E-state index < -0.39 is 0 Å². The van der Waals surface area contributed by atoms with Crippen LogP contribution in [0.5, 0.6) is 17.2 Å². The Morgan fingerprint density at radius 2 is 1.53 bits per heavy atom. The fourth-order valence-corrected chi connectivity index (χ4v) is 5.14. The number of carbonyl (C=O) groups excluding carboxylic acids is 1. The van der Waals surface area contributed by atoms with Crippen LogP contribution >= 0.6 is 23.7 Å². The molecule has 0 aliphatic heterocycles. The topological polar surface area (TPSA) is 64.1 Å². The summed E-state index contributed by atoms with van der Waals surface area (Å²) in [4.78, 5) is 22.7. The second-order valence-electron chi connectivity index (χ2n) is 8.64. The molecule has 0 atom stereocenters. The van der Waals surface area contributed by atoms with Crippen molar-refractivity contribution in [1.29, 1.82) is 0 Å². The second-order valence-corrected chi connectivity index (χ2v) is 9.65. The Hall–Kier alpha value is -2.55. The van der Waals surface area contributed by atoms with Gasteiger partial charge in [-0.2, -0.15) is 0 Å². The van der Waals surface area contributed by atoms with Gasteiger partial charge in [0.05, 0.1) is 30.0 Å². The quantitative estimate of drug-likeness (QED) is 0.278. The summed E-state index contributed by atoms with van der Waals surface area (Å²) >= 11 is 1.55. The third-order valence-electron chi connectivity index (χ3n) is 5.44. The summed E-state index contributed by atoms with van der Waals surface area (Å²) in [6.07, 6.45) is 0.820. The molecule has 0 aliphatic carbocycles. The van der Waals surface area contributed by atoms with Crippen LogP contribution in [0.3, 0.4) is 0 Å².